The average molecular weight is 183 g/mol. The molecule has 68 valence electrons. The molecule has 2 fully saturated rings. The minimum absolute atomic E-state index is 0.871. The summed E-state index contributed by atoms with van der Waals surface area (Å²) >= 11 is 2.09. The lowest BCUT2D eigenvalue weighted by Crippen LogP contribution is -2.11. The Morgan fingerprint density at radius 1 is 1.25 bits per heavy atom. The van der Waals surface area contributed by atoms with Crippen LogP contribution < -0.4 is 0 Å². The molecular weight excluding hydrogens is 166 g/mol. The van der Waals surface area contributed by atoms with Crippen LogP contribution in [0.1, 0.15) is 19.3 Å². The fourth-order valence-corrected chi connectivity index (χ4v) is 3.06. The maximum atomic E-state index is 2.46. The summed E-state index contributed by atoms with van der Waals surface area (Å²) in [4.78, 5) is 2.46. The topological polar surface area (TPSA) is 3.24 Å². The van der Waals surface area contributed by atoms with E-state index >= 15 is 0 Å². The summed E-state index contributed by atoms with van der Waals surface area (Å²) in [7, 11) is 0. The number of rotatable bonds is 2. The lowest BCUT2D eigenvalue weighted by Gasteiger charge is -2.11. The Balaban J connectivity index is 1.75. The van der Waals surface area contributed by atoms with Crippen LogP contribution in [0.2, 0.25) is 0 Å². The number of nitrogens with zero attached hydrogens (tertiary/aromatic N) is 1. The molecule has 0 N–H and O–H groups in total. The normalized spacial score (nSPS) is 30.7. The third-order valence-electron chi connectivity index (χ3n) is 2.67. The van der Waals surface area contributed by atoms with Crippen molar-refractivity contribution in [1.82, 2.24) is 4.90 Å². The number of hydrogen-bond acceptors (Lipinski definition) is 2. The summed E-state index contributed by atoms with van der Waals surface area (Å²) in [5.41, 5.74) is 0. The molecule has 1 unspecified atom stereocenters. The van der Waals surface area contributed by atoms with E-state index in [2.05, 4.69) is 28.9 Å². The Labute approximate surface area is 79.2 Å². The summed E-state index contributed by atoms with van der Waals surface area (Å²) < 4.78 is 0. The van der Waals surface area contributed by atoms with Crippen molar-refractivity contribution in [2.24, 2.45) is 5.92 Å². The summed E-state index contributed by atoms with van der Waals surface area (Å²) in [5, 5.41) is 0. The molecule has 1 nitrogen and oxygen atoms in total. The first-order chi connectivity index (χ1) is 5.95. The first kappa shape index (κ1) is 8.49. The first-order valence-electron chi connectivity index (χ1n) is 4.95. The van der Waals surface area contributed by atoms with Gasteiger partial charge in [-0.2, -0.15) is 11.8 Å². The second kappa shape index (κ2) is 4.22. The van der Waals surface area contributed by atoms with Gasteiger partial charge in [-0.25, -0.2) is 0 Å². The van der Waals surface area contributed by atoms with Crippen LogP contribution in [0.15, 0.2) is 12.3 Å². The molecule has 2 aliphatic heterocycles. The smallest absolute Gasteiger partial charge is 0.0173 e. The number of thioether (sulfide) groups is 1. The Morgan fingerprint density at radius 2 is 2.08 bits per heavy atom. The van der Waals surface area contributed by atoms with Crippen LogP contribution in [0, 0.1) is 5.92 Å². The monoisotopic (exact) mass is 183 g/mol. The second-order valence-electron chi connectivity index (χ2n) is 3.71. The van der Waals surface area contributed by atoms with E-state index in [1.165, 1.54) is 43.9 Å². The van der Waals surface area contributed by atoms with Crippen LogP contribution in [0.4, 0.5) is 0 Å². The number of hydrogen-bond donors (Lipinski definition) is 0. The zero-order valence-electron chi connectivity index (χ0n) is 7.54. The zero-order valence-corrected chi connectivity index (χ0v) is 8.35. The highest BCUT2D eigenvalue weighted by atomic mass is 32.2. The molecule has 2 heteroatoms. The van der Waals surface area contributed by atoms with Gasteiger partial charge in [0.25, 0.3) is 0 Å². The predicted molar refractivity (Wildman–Crippen MR) is 55.4 cm³/mol. The Bertz CT molecular complexity index is 137. The van der Waals surface area contributed by atoms with E-state index in [0.717, 1.165) is 5.92 Å². The van der Waals surface area contributed by atoms with E-state index in [4.69, 9.17) is 0 Å². The molecule has 2 rings (SSSR count). The van der Waals surface area contributed by atoms with Crippen LogP contribution in [0.25, 0.3) is 0 Å². The van der Waals surface area contributed by atoms with Crippen molar-refractivity contribution in [3.05, 3.63) is 12.3 Å². The van der Waals surface area contributed by atoms with E-state index in [-0.39, 0.29) is 0 Å². The van der Waals surface area contributed by atoms with Gasteiger partial charge in [0.2, 0.25) is 0 Å². The van der Waals surface area contributed by atoms with E-state index in [9.17, 15) is 0 Å². The van der Waals surface area contributed by atoms with Gasteiger partial charge in [-0.05, 0) is 42.9 Å². The van der Waals surface area contributed by atoms with Gasteiger partial charge in [-0.15, -0.1) is 0 Å². The molecule has 0 aliphatic carbocycles. The Kier molecular flexibility index (Phi) is 2.98. The predicted octanol–water partition coefficient (Wildman–Crippen LogP) is 2.35. The fourth-order valence-electron chi connectivity index (χ4n) is 1.84. The van der Waals surface area contributed by atoms with E-state index in [1.807, 2.05) is 0 Å². The van der Waals surface area contributed by atoms with Crippen molar-refractivity contribution in [2.45, 2.75) is 19.3 Å². The van der Waals surface area contributed by atoms with Crippen molar-refractivity contribution in [3.8, 4) is 0 Å². The lowest BCUT2D eigenvalue weighted by molar-refractivity contribution is 0.463. The molecular formula is C10H17NS. The molecule has 0 aromatic heterocycles. The molecule has 0 radical (unpaired) electrons. The van der Waals surface area contributed by atoms with E-state index in [0.29, 0.717) is 0 Å². The van der Waals surface area contributed by atoms with E-state index in [1.54, 1.807) is 0 Å². The summed E-state index contributed by atoms with van der Waals surface area (Å²) in [5.74, 6) is 3.59. The summed E-state index contributed by atoms with van der Waals surface area (Å²) in [6.45, 7) is 2.58. The van der Waals surface area contributed by atoms with Gasteiger partial charge in [-0.3, -0.25) is 0 Å². The highest BCUT2D eigenvalue weighted by molar-refractivity contribution is 7.99. The molecule has 2 aliphatic rings. The molecule has 0 amide bonds. The molecule has 2 saturated heterocycles. The van der Waals surface area contributed by atoms with Crippen molar-refractivity contribution in [1.29, 1.82) is 0 Å². The average Bonchev–Trinajstić information content (AvgIpc) is 2.74. The van der Waals surface area contributed by atoms with Crippen molar-refractivity contribution in [2.75, 3.05) is 24.6 Å². The Hall–Kier alpha value is -0.110. The highest BCUT2D eigenvalue weighted by Crippen LogP contribution is 2.24. The second-order valence-corrected chi connectivity index (χ2v) is 4.86. The zero-order chi connectivity index (χ0) is 8.23. The van der Waals surface area contributed by atoms with Crippen LogP contribution in [0.5, 0.6) is 0 Å². The van der Waals surface area contributed by atoms with Gasteiger partial charge in [0.05, 0.1) is 0 Å². The van der Waals surface area contributed by atoms with Crippen LogP contribution in [-0.2, 0) is 0 Å². The minimum Gasteiger partial charge on any atom is -0.378 e. The number of allylic oxidation sites excluding steroid dienone is 1. The molecule has 12 heavy (non-hydrogen) atoms. The van der Waals surface area contributed by atoms with Crippen LogP contribution in [0.3, 0.4) is 0 Å². The maximum absolute atomic E-state index is 2.46. The SMILES string of the molecule is C(=C\N1CCCC1)/C1CCSC1. The third kappa shape index (κ3) is 2.19. The van der Waals surface area contributed by atoms with Crippen LogP contribution >= 0.6 is 11.8 Å². The molecule has 0 aromatic rings. The van der Waals surface area contributed by atoms with Gasteiger partial charge in [0.15, 0.2) is 0 Å². The summed E-state index contributed by atoms with van der Waals surface area (Å²) in [6, 6.07) is 0. The molecule has 0 bridgehead atoms. The molecule has 0 saturated carbocycles. The van der Waals surface area contributed by atoms with Crippen molar-refractivity contribution >= 4 is 11.8 Å². The van der Waals surface area contributed by atoms with Crippen molar-refractivity contribution in [3.63, 3.8) is 0 Å². The third-order valence-corrected chi connectivity index (χ3v) is 3.86. The van der Waals surface area contributed by atoms with Crippen LogP contribution in [-0.4, -0.2) is 29.5 Å². The van der Waals surface area contributed by atoms with E-state index < -0.39 is 0 Å². The molecule has 0 aromatic carbocycles. The number of likely N-dealkylation sites (tertiary alicyclic amines) is 1. The minimum atomic E-state index is 0.871. The fraction of sp³-hybridized carbons (Fsp3) is 0.800. The van der Waals surface area contributed by atoms with Gasteiger partial charge < -0.3 is 4.90 Å². The highest BCUT2D eigenvalue weighted by Gasteiger charge is 2.13. The molecule has 0 spiro atoms. The van der Waals surface area contributed by atoms with Crippen molar-refractivity contribution < 1.29 is 0 Å². The molecule has 2 heterocycles. The Morgan fingerprint density at radius 3 is 2.75 bits per heavy atom. The maximum Gasteiger partial charge on any atom is 0.0173 e. The summed E-state index contributed by atoms with van der Waals surface area (Å²) in [6.07, 6.45) is 8.94. The first-order valence-corrected chi connectivity index (χ1v) is 6.11. The van der Waals surface area contributed by atoms with Gasteiger partial charge in [0, 0.05) is 13.1 Å². The lowest BCUT2D eigenvalue weighted by atomic mass is 10.1. The molecule has 1 atom stereocenters. The van der Waals surface area contributed by atoms with Gasteiger partial charge >= 0.3 is 0 Å². The van der Waals surface area contributed by atoms with Gasteiger partial charge in [-0.1, -0.05) is 6.08 Å². The quantitative estimate of drug-likeness (QED) is 0.646. The van der Waals surface area contributed by atoms with Gasteiger partial charge in [0.1, 0.15) is 0 Å². The largest absolute Gasteiger partial charge is 0.378 e. The standard InChI is InChI=1S/C10H17NS/c1-2-6-11(5-1)7-3-10-4-8-12-9-10/h3,7,10H,1-2,4-6,8-9H2/b7-3+.